The van der Waals surface area contributed by atoms with E-state index in [1.54, 1.807) is 0 Å². The van der Waals surface area contributed by atoms with Gasteiger partial charge in [0.15, 0.2) is 0 Å². The summed E-state index contributed by atoms with van der Waals surface area (Å²) in [5, 5.41) is 13.0. The first-order valence-corrected chi connectivity index (χ1v) is 11.6. The van der Waals surface area contributed by atoms with Crippen LogP contribution in [0.25, 0.3) is 21.3 Å². The van der Waals surface area contributed by atoms with Gasteiger partial charge < -0.3 is 10.1 Å². The molecule has 162 valence electrons. The Bertz CT molecular complexity index is 1050. The van der Waals surface area contributed by atoms with E-state index in [9.17, 15) is 9.90 Å². The van der Waals surface area contributed by atoms with Crippen LogP contribution in [0.4, 0.5) is 0 Å². The standard InChI is InChI=1S/C24H33N3O2S/c1-6-7-19(28)12-27(11-15(2)3)13-21-25-23(29)22-20(14-30-24(22)26-21)18-9-8-16(4)17(5)10-18/h8-10,14-15,19,28H,6-7,11-13H2,1-5H3,(H,25,26,29)/t19-/m0/s1. The molecule has 0 radical (unpaired) electrons. The number of hydrogen-bond donors (Lipinski definition) is 2. The van der Waals surface area contributed by atoms with Crippen molar-refractivity contribution in [2.45, 2.75) is 60.1 Å². The van der Waals surface area contributed by atoms with E-state index in [1.165, 1.54) is 22.5 Å². The van der Waals surface area contributed by atoms with Gasteiger partial charge in [0, 0.05) is 24.0 Å². The summed E-state index contributed by atoms with van der Waals surface area (Å²) in [5.41, 5.74) is 4.35. The van der Waals surface area contributed by atoms with Crippen LogP contribution in [0.2, 0.25) is 0 Å². The number of nitrogens with zero attached hydrogens (tertiary/aromatic N) is 2. The van der Waals surface area contributed by atoms with E-state index in [-0.39, 0.29) is 11.7 Å². The Morgan fingerprint density at radius 3 is 2.63 bits per heavy atom. The predicted octanol–water partition coefficient (Wildman–Crippen LogP) is 4.89. The fraction of sp³-hybridized carbons (Fsp3) is 0.500. The molecule has 0 amide bonds. The topological polar surface area (TPSA) is 69.2 Å². The van der Waals surface area contributed by atoms with Gasteiger partial charge in [-0.25, -0.2) is 4.98 Å². The molecule has 2 aromatic heterocycles. The Morgan fingerprint density at radius 2 is 1.97 bits per heavy atom. The van der Waals surface area contributed by atoms with Crippen molar-refractivity contribution in [3.63, 3.8) is 0 Å². The second-order valence-electron chi connectivity index (χ2n) is 8.67. The lowest BCUT2D eigenvalue weighted by Gasteiger charge is -2.26. The van der Waals surface area contributed by atoms with Crippen LogP contribution in [0.1, 0.15) is 50.6 Å². The van der Waals surface area contributed by atoms with Crippen LogP contribution in [0, 0.1) is 19.8 Å². The molecular weight excluding hydrogens is 394 g/mol. The molecule has 2 N–H and O–H groups in total. The fourth-order valence-electron chi connectivity index (χ4n) is 3.84. The molecule has 0 bridgehead atoms. The minimum Gasteiger partial charge on any atom is -0.392 e. The van der Waals surface area contributed by atoms with E-state index < -0.39 is 0 Å². The molecule has 0 fully saturated rings. The van der Waals surface area contributed by atoms with E-state index in [1.807, 2.05) is 5.38 Å². The third-order valence-electron chi connectivity index (χ3n) is 5.40. The Labute approximate surface area is 182 Å². The fourth-order valence-corrected chi connectivity index (χ4v) is 4.81. The van der Waals surface area contributed by atoms with Gasteiger partial charge in [-0.3, -0.25) is 9.69 Å². The van der Waals surface area contributed by atoms with Crippen molar-refractivity contribution in [3.05, 3.63) is 50.9 Å². The van der Waals surface area contributed by atoms with Crippen molar-refractivity contribution in [3.8, 4) is 11.1 Å². The second kappa shape index (κ2) is 9.86. The lowest BCUT2D eigenvalue weighted by Crippen LogP contribution is -2.35. The summed E-state index contributed by atoms with van der Waals surface area (Å²) < 4.78 is 0. The number of aliphatic hydroxyl groups is 1. The lowest BCUT2D eigenvalue weighted by atomic mass is 10.0. The molecule has 2 heterocycles. The zero-order chi connectivity index (χ0) is 21.8. The maximum absolute atomic E-state index is 13.0. The average molecular weight is 428 g/mol. The molecule has 5 nitrogen and oxygen atoms in total. The number of nitrogens with one attached hydrogen (secondary N) is 1. The zero-order valence-electron chi connectivity index (χ0n) is 18.7. The molecule has 1 aromatic carbocycles. The minimum absolute atomic E-state index is 0.0944. The van der Waals surface area contributed by atoms with Crippen LogP contribution in [0.3, 0.4) is 0 Å². The van der Waals surface area contributed by atoms with Gasteiger partial charge in [0.05, 0.1) is 18.0 Å². The highest BCUT2D eigenvalue weighted by atomic mass is 32.1. The molecule has 0 aliphatic carbocycles. The van der Waals surface area contributed by atoms with Crippen molar-refractivity contribution in [2.24, 2.45) is 5.92 Å². The highest BCUT2D eigenvalue weighted by molar-refractivity contribution is 7.17. The Kier molecular flexibility index (Phi) is 7.45. The number of rotatable bonds is 9. The first-order valence-electron chi connectivity index (χ1n) is 10.8. The third kappa shape index (κ3) is 5.36. The summed E-state index contributed by atoms with van der Waals surface area (Å²) in [7, 11) is 0. The van der Waals surface area contributed by atoms with Crippen molar-refractivity contribution < 1.29 is 5.11 Å². The summed E-state index contributed by atoms with van der Waals surface area (Å²) in [6.45, 7) is 12.5. The van der Waals surface area contributed by atoms with Gasteiger partial charge in [-0.15, -0.1) is 11.3 Å². The van der Waals surface area contributed by atoms with Gasteiger partial charge >= 0.3 is 0 Å². The highest BCUT2D eigenvalue weighted by Crippen LogP contribution is 2.31. The molecule has 30 heavy (non-hydrogen) atoms. The minimum atomic E-state index is -0.359. The number of H-pyrrole nitrogens is 1. The normalized spacial score (nSPS) is 12.9. The second-order valence-corrected chi connectivity index (χ2v) is 9.53. The number of aromatic amines is 1. The molecule has 0 saturated heterocycles. The summed E-state index contributed by atoms with van der Waals surface area (Å²) >= 11 is 1.51. The quantitative estimate of drug-likeness (QED) is 0.510. The molecule has 3 aromatic rings. The number of aliphatic hydroxyl groups excluding tert-OH is 1. The molecule has 6 heteroatoms. The van der Waals surface area contributed by atoms with Crippen LogP contribution < -0.4 is 5.56 Å². The molecule has 0 saturated carbocycles. The van der Waals surface area contributed by atoms with Crippen LogP contribution >= 0.6 is 11.3 Å². The predicted molar refractivity (Wildman–Crippen MR) is 126 cm³/mol. The van der Waals surface area contributed by atoms with E-state index in [4.69, 9.17) is 4.98 Å². The summed E-state index contributed by atoms with van der Waals surface area (Å²) in [5.74, 6) is 1.12. The molecule has 0 aliphatic rings. The summed E-state index contributed by atoms with van der Waals surface area (Å²) in [6.07, 6.45) is 1.37. The number of thiophene rings is 1. The molecule has 0 aliphatic heterocycles. The van der Waals surface area contributed by atoms with Crippen LogP contribution in [-0.4, -0.2) is 39.2 Å². The smallest absolute Gasteiger partial charge is 0.260 e. The number of hydrogen-bond acceptors (Lipinski definition) is 5. The van der Waals surface area contributed by atoms with Gasteiger partial charge in [-0.1, -0.05) is 45.4 Å². The SMILES string of the molecule is CCC[C@H](O)CN(Cc1nc2scc(-c3ccc(C)c(C)c3)c2c(=O)[nH]1)CC(C)C. The molecule has 3 rings (SSSR count). The maximum atomic E-state index is 13.0. The van der Waals surface area contributed by atoms with Gasteiger partial charge in [0.2, 0.25) is 0 Å². The maximum Gasteiger partial charge on any atom is 0.260 e. The molecule has 0 unspecified atom stereocenters. The van der Waals surface area contributed by atoms with Crippen molar-refractivity contribution in [1.82, 2.24) is 14.9 Å². The van der Waals surface area contributed by atoms with Crippen molar-refractivity contribution >= 4 is 21.6 Å². The van der Waals surface area contributed by atoms with Crippen LogP contribution in [-0.2, 0) is 6.54 Å². The zero-order valence-corrected chi connectivity index (χ0v) is 19.5. The van der Waals surface area contributed by atoms with Crippen LogP contribution in [0.5, 0.6) is 0 Å². The molecule has 0 spiro atoms. The number of benzene rings is 1. The van der Waals surface area contributed by atoms with E-state index in [0.29, 0.717) is 30.2 Å². The highest BCUT2D eigenvalue weighted by Gasteiger charge is 2.17. The average Bonchev–Trinajstić information content (AvgIpc) is 3.08. The van der Waals surface area contributed by atoms with Gasteiger partial charge in [0.25, 0.3) is 5.56 Å². The Hall–Kier alpha value is -2.02. The lowest BCUT2D eigenvalue weighted by molar-refractivity contribution is 0.0930. The number of aromatic nitrogens is 2. The van der Waals surface area contributed by atoms with Crippen molar-refractivity contribution in [1.29, 1.82) is 0 Å². The van der Waals surface area contributed by atoms with E-state index >= 15 is 0 Å². The monoisotopic (exact) mass is 427 g/mol. The number of aryl methyl sites for hydroxylation is 2. The largest absolute Gasteiger partial charge is 0.392 e. The van der Waals surface area contributed by atoms with Crippen molar-refractivity contribution in [2.75, 3.05) is 13.1 Å². The molecule has 1 atom stereocenters. The number of fused-ring (bicyclic) bond motifs is 1. The summed E-state index contributed by atoms with van der Waals surface area (Å²) in [6, 6.07) is 6.29. The molecular formula is C24H33N3O2S. The first-order chi connectivity index (χ1) is 14.3. The Balaban J connectivity index is 1.90. The van der Waals surface area contributed by atoms with E-state index in [2.05, 4.69) is 62.7 Å². The summed E-state index contributed by atoms with van der Waals surface area (Å²) in [4.78, 5) is 23.7. The van der Waals surface area contributed by atoms with Gasteiger partial charge in [-0.05, 0) is 42.9 Å². The first kappa shape index (κ1) is 22.7. The van der Waals surface area contributed by atoms with E-state index in [0.717, 1.165) is 35.3 Å². The van der Waals surface area contributed by atoms with Gasteiger partial charge in [-0.2, -0.15) is 0 Å². The Morgan fingerprint density at radius 1 is 1.20 bits per heavy atom. The third-order valence-corrected chi connectivity index (χ3v) is 6.27. The van der Waals surface area contributed by atoms with Crippen LogP contribution in [0.15, 0.2) is 28.4 Å². The van der Waals surface area contributed by atoms with Gasteiger partial charge in [0.1, 0.15) is 10.7 Å².